The first-order chi connectivity index (χ1) is 14.0. The zero-order valence-electron chi connectivity index (χ0n) is 15.6. The monoisotopic (exact) mass is 454 g/mol. The van der Waals surface area contributed by atoms with Gasteiger partial charge in [0.2, 0.25) is 5.91 Å². The highest BCUT2D eigenvalue weighted by Crippen LogP contribution is 2.31. The van der Waals surface area contributed by atoms with Crippen molar-refractivity contribution in [3.8, 4) is 16.6 Å². The van der Waals surface area contributed by atoms with Gasteiger partial charge in [0.05, 0.1) is 30.3 Å². The van der Waals surface area contributed by atoms with Crippen LogP contribution in [-0.4, -0.2) is 61.4 Å². The standard InChI is InChI=1S/C18H16F2N4O4S2/c1-30(27,28)13-4-2-11(3-5-13)17-23-8-14(29-17)16(26)22-9-15(25)24-10-18(19,20)6-12(24)7-21/h2-5,8,12H,6,9-10H2,1H3,(H,22,26)/t12-/m0/s1. The number of carbonyl (C=O) groups excluding carboxylic acids is 2. The van der Waals surface area contributed by atoms with Gasteiger partial charge in [0.25, 0.3) is 11.8 Å². The molecule has 12 heteroatoms. The van der Waals surface area contributed by atoms with Gasteiger partial charge in [-0.2, -0.15) is 5.26 Å². The maximum absolute atomic E-state index is 13.4. The summed E-state index contributed by atoms with van der Waals surface area (Å²) in [5.41, 5.74) is 0.610. The number of carbonyl (C=O) groups is 2. The lowest BCUT2D eigenvalue weighted by Gasteiger charge is -2.19. The van der Waals surface area contributed by atoms with Crippen molar-refractivity contribution < 1.29 is 26.8 Å². The van der Waals surface area contributed by atoms with Crippen LogP contribution in [0, 0.1) is 11.3 Å². The van der Waals surface area contributed by atoms with Crippen molar-refractivity contribution in [3.63, 3.8) is 0 Å². The van der Waals surface area contributed by atoms with Crippen LogP contribution in [0.5, 0.6) is 0 Å². The second-order valence-corrected chi connectivity index (χ2v) is 9.78. The normalized spacial score (nSPS) is 18.1. The van der Waals surface area contributed by atoms with Crippen molar-refractivity contribution in [1.82, 2.24) is 15.2 Å². The molecule has 1 atom stereocenters. The largest absolute Gasteiger partial charge is 0.342 e. The molecule has 0 unspecified atom stereocenters. The number of hydrogen-bond donors (Lipinski definition) is 1. The molecular formula is C18H16F2N4O4S2. The van der Waals surface area contributed by atoms with Crippen LogP contribution in [0.2, 0.25) is 0 Å². The molecule has 2 heterocycles. The number of amides is 2. The SMILES string of the molecule is CS(=O)(=O)c1ccc(-c2ncc(C(=O)NCC(=O)N3CC(F)(F)C[C@H]3C#N)s2)cc1. The molecule has 2 aromatic rings. The Morgan fingerprint density at radius 3 is 2.63 bits per heavy atom. The van der Waals surface area contributed by atoms with Gasteiger partial charge in [0.1, 0.15) is 15.9 Å². The maximum atomic E-state index is 13.4. The molecule has 1 saturated heterocycles. The molecule has 0 spiro atoms. The fourth-order valence-corrected chi connectivity index (χ4v) is 4.36. The fraction of sp³-hybridized carbons (Fsp3) is 0.333. The number of benzene rings is 1. The Balaban J connectivity index is 1.63. The van der Waals surface area contributed by atoms with Crippen LogP contribution in [-0.2, 0) is 14.6 Å². The minimum atomic E-state index is -3.33. The van der Waals surface area contributed by atoms with Gasteiger partial charge < -0.3 is 10.2 Å². The lowest BCUT2D eigenvalue weighted by molar-refractivity contribution is -0.131. The predicted molar refractivity (Wildman–Crippen MR) is 104 cm³/mol. The molecule has 1 fully saturated rings. The van der Waals surface area contributed by atoms with Gasteiger partial charge in [-0.05, 0) is 12.1 Å². The van der Waals surface area contributed by atoms with Crippen LogP contribution < -0.4 is 5.32 Å². The third-order valence-electron chi connectivity index (χ3n) is 4.40. The number of halogens is 2. The molecule has 158 valence electrons. The molecule has 0 bridgehead atoms. The molecule has 0 saturated carbocycles. The molecule has 1 aromatic carbocycles. The van der Waals surface area contributed by atoms with E-state index in [1.54, 1.807) is 18.2 Å². The average molecular weight is 454 g/mol. The van der Waals surface area contributed by atoms with Gasteiger partial charge >= 0.3 is 0 Å². The number of alkyl halides is 2. The van der Waals surface area contributed by atoms with E-state index >= 15 is 0 Å². The number of nitrogens with zero attached hydrogens (tertiary/aromatic N) is 3. The van der Waals surface area contributed by atoms with Crippen molar-refractivity contribution in [2.24, 2.45) is 0 Å². The summed E-state index contributed by atoms with van der Waals surface area (Å²) in [5, 5.41) is 11.8. The van der Waals surface area contributed by atoms with Crippen molar-refractivity contribution in [3.05, 3.63) is 35.3 Å². The number of likely N-dealkylation sites (tertiary alicyclic amines) is 1. The minimum absolute atomic E-state index is 0.155. The van der Waals surface area contributed by atoms with Gasteiger partial charge in [-0.25, -0.2) is 22.2 Å². The first kappa shape index (κ1) is 21.8. The first-order valence-corrected chi connectivity index (χ1v) is 11.3. The predicted octanol–water partition coefficient (Wildman–Crippen LogP) is 1.70. The number of nitrogens with one attached hydrogen (secondary N) is 1. The second-order valence-electron chi connectivity index (χ2n) is 6.74. The summed E-state index contributed by atoms with van der Waals surface area (Å²) in [6.07, 6.45) is 1.67. The highest BCUT2D eigenvalue weighted by molar-refractivity contribution is 7.90. The first-order valence-electron chi connectivity index (χ1n) is 8.61. The van der Waals surface area contributed by atoms with Crippen LogP contribution >= 0.6 is 11.3 Å². The smallest absolute Gasteiger partial charge is 0.268 e. The van der Waals surface area contributed by atoms with Crippen LogP contribution in [0.4, 0.5) is 8.78 Å². The highest BCUT2D eigenvalue weighted by atomic mass is 32.2. The number of nitriles is 1. The Hall–Kier alpha value is -2.91. The van der Waals surface area contributed by atoms with Gasteiger partial charge in [0.15, 0.2) is 9.84 Å². The molecular weight excluding hydrogens is 438 g/mol. The van der Waals surface area contributed by atoms with Crippen LogP contribution in [0.25, 0.3) is 10.6 Å². The summed E-state index contributed by atoms with van der Waals surface area (Å²) >= 11 is 1.03. The summed E-state index contributed by atoms with van der Waals surface area (Å²) in [5.74, 6) is -4.51. The number of rotatable bonds is 5. The van der Waals surface area contributed by atoms with Crippen molar-refractivity contribution >= 4 is 33.0 Å². The second kappa shape index (κ2) is 8.08. The maximum Gasteiger partial charge on any atom is 0.268 e. The summed E-state index contributed by atoms with van der Waals surface area (Å²) < 4.78 is 49.9. The fourth-order valence-electron chi connectivity index (χ4n) is 2.90. The van der Waals surface area contributed by atoms with Gasteiger partial charge in [-0.3, -0.25) is 9.59 Å². The minimum Gasteiger partial charge on any atom is -0.342 e. The molecule has 2 amide bonds. The Labute approximate surface area is 175 Å². The van der Waals surface area contributed by atoms with E-state index in [-0.39, 0.29) is 9.77 Å². The van der Waals surface area contributed by atoms with Crippen LogP contribution in [0.15, 0.2) is 35.4 Å². The Bertz CT molecular complexity index is 1120. The van der Waals surface area contributed by atoms with Gasteiger partial charge in [-0.1, -0.05) is 12.1 Å². The number of sulfone groups is 1. The molecule has 0 radical (unpaired) electrons. The van der Waals surface area contributed by atoms with Crippen molar-refractivity contribution in [2.45, 2.75) is 23.3 Å². The topological polar surface area (TPSA) is 120 Å². The third-order valence-corrected chi connectivity index (χ3v) is 6.57. The van der Waals surface area contributed by atoms with Crippen LogP contribution in [0.1, 0.15) is 16.1 Å². The highest BCUT2D eigenvalue weighted by Gasteiger charge is 2.47. The van der Waals surface area contributed by atoms with Gasteiger partial charge in [0, 0.05) is 18.2 Å². The molecule has 3 rings (SSSR count). The zero-order valence-corrected chi connectivity index (χ0v) is 17.3. The molecule has 8 nitrogen and oxygen atoms in total. The number of thiazole rings is 1. The zero-order chi connectivity index (χ0) is 22.1. The quantitative estimate of drug-likeness (QED) is 0.734. The number of aromatic nitrogens is 1. The Kier molecular flexibility index (Phi) is 5.87. The van der Waals surface area contributed by atoms with Crippen molar-refractivity contribution in [1.29, 1.82) is 5.26 Å². The van der Waals surface area contributed by atoms with E-state index in [1.807, 2.05) is 0 Å². The molecule has 1 N–H and O–H groups in total. The molecule has 30 heavy (non-hydrogen) atoms. The van der Waals surface area contributed by atoms with E-state index < -0.39 is 53.1 Å². The lowest BCUT2D eigenvalue weighted by Crippen LogP contribution is -2.42. The van der Waals surface area contributed by atoms with E-state index in [4.69, 9.17) is 5.26 Å². The lowest BCUT2D eigenvalue weighted by atomic mass is 10.2. The summed E-state index contributed by atoms with van der Waals surface area (Å²) in [4.78, 5) is 29.6. The molecule has 1 aliphatic rings. The third kappa shape index (κ3) is 4.80. The Morgan fingerprint density at radius 1 is 1.37 bits per heavy atom. The summed E-state index contributed by atoms with van der Waals surface area (Å²) in [6.45, 7) is -1.38. The van der Waals surface area contributed by atoms with E-state index in [9.17, 15) is 26.8 Å². The van der Waals surface area contributed by atoms with E-state index in [0.717, 1.165) is 22.5 Å². The van der Waals surface area contributed by atoms with Crippen molar-refractivity contribution in [2.75, 3.05) is 19.3 Å². The Morgan fingerprint density at radius 2 is 2.03 bits per heavy atom. The average Bonchev–Trinajstić information content (AvgIpc) is 3.29. The molecule has 1 aromatic heterocycles. The molecule has 1 aliphatic heterocycles. The number of hydrogen-bond acceptors (Lipinski definition) is 7. The van der Waals surface area contributed by atoms with E-state index in [2.05, 4.69) is 10.3 Å². The van der Waals surface area contributed by atoms with E-state index in [1.165, 1.54) is 18.3 Å². The molecule has 0 aliphatic carbocycles. The van der Waals surface area contributed by atoms with Crippen LogP contribution in [0.3, 0.4) is 0 Å². The summed E-state index contributed by atoms with van der Waals surface area (Å²) in [7, 11) is -3.33. The summed E-state index contributed by atoms with van der Waals surface area (Å²) in [6, 6.07) is 6.44. The van der Waals surface area contributed by atoms with Gasteiger partial charge in [-0.15, -0.1) is 11.3 Å². The van der Waals surface area contributed by atoms with E-state index in [0.29, 0.717) is 10.6 Å².